The minimum Gasteiger partial charge on any atom is -0.494 e. The van der Waals surface area contributed by atoms with Crippen molar-refractivity contribution >= 4 is 17.7 Å². The first-order valence-electron chi connectivity index (χ1n) is 10.5. The van der Waals surface area contributed by atoms with Gasteiger partial charge in [-0.1, -0.05) is 36.8 Å². The monoisotopic (exact) mass is 405 g/mol. The highest BCUT2D eigenvalue weighted by Crippen LogP contribution is 2.23. The number of carbonyl (C=O) groups is 1. The molecule has 0 aliphatic carbocycles. The smallest absolute Gasteiger partial charge is 0.329 e. The van der Waals surface area contributed by atoms with Crippen LogP contribution in [0.25, 0.3) is 0 Å². The minimum atomic E-state index is -0.227. The highest BCUT2D eigenvalue weighted by atomic mass is 16.5. The van der Waals surface area contributed by atoms with Gasteiger partial charge in [0.05, 0.1) is 13.2 Å². The van der Waals surface area contributed by atoms with Crippen LogP contribution in [0.3, 0.4) is 0 Å². The van der Waals surface area contributed by atoms with Crippen LogP contribution in [-0.4, -0.2) is 27.4 Å². The van der Waals surface area contributed by atoms with Gasteiger partial charge in [0.25, 0.3) is 0 Å². The van der Waals surface area contributed by atoms with Crippen molar-refractivity contribution in [2.75, 3.05) is 16.8 Å². The maximum Gasteiger partial charge on any atom is 0.329 e. The Morgan fingerprint density at radius 1 is 1.07 bits per heavy atom. The highest BCUT2D eigenvalue weighted by molar-refractivity contribution is 6.00. The Morgan fingerprint density at radius 2 is 1.87 bits per heavy atom. The normalized spacial score (nSPS) is 13.2. The molecule has 1 aliphatic heterocycles. The van der Waals surface area contributed by atoms with Crippen molar-refractivity contribution in [2.45, 2.75) is 45.7 Å². The van der Waals surface area contributed by atoms with Gasteiger partial charge in [0, 0.05) is 18.7 Å². The number of ether oxygens (including phenoxy) is 1. The van der Waals surface area contributed by atoms with E-state index in [1.807, 2.05) is 61.5 Å². The summed E-state index contributed by atoms with van der Waals surface area (Å²) in [4.78, 5) is 14.9. The molecule has 0 spiro atoms. The average molecular weight is 406 g/mol. The molecule has 7 heteroatoms. The number of hydrogen-bond donors (Lipinski definition) is 1. The van der Waals surface area contributed by atoms with Crippen molar-refractivity contribution in [1.29, 1.82) is 0 Å². The van der Waals surface area contributed by atoms with Gasteiger partial charge in [0.2, 0.25) is 5.95 Å². The van der Waals surface area contributed by atoms with Gasteiger partial charge >= 0.3 is 6.03 Å². The molecule has 3 aromatic rings. The van der Waals surface area contributed by atoms with Gasteiger partial charge < -0.3 is 10.1 Å². The zero-order chi connectivity index (χ0) is 20.8. The van der Waals surface area contributed by atoms with Gasteiger partial charge in [-0.15, -0.1) is 10.2 Å². The number of aryl methyl sites for hydroxylation is 1. The standard InChI is InChI=1S/C23H27N5O2/c1-2-30-20-14-12-18(13-15-20)17-28(23(29)24-19-9-5-3-6-10-19)22-26-25-21-11-7-4-8-16-27(21)22/h3,5-6,9-10,12-15H,2,4,7-8,11,16-17H2,1H3,(H,24,29). The van der Waals surface area contributed by atoms with E-state index in [0.717, 1.165) is 55.1 Å². The van der Waals surface area contributed by atoms with Crippen molar-refractivity contribution < 1.29 is 9.53 Å². The number of benzene rings is 2. The summed E-state index contributed by atoms with van der Waals surface area (Å²) in [5.41, 5.74) is 1.74. The number of anilines is 2. The van der Waals surface area contributed by atoms with Crippen LogP contribution in [0.4, 0.5) is 16.4 Å². The van der Waals surface area contributed by atoms with Crippen molar-refractivity contribution in [1.82, 2.24) is 14.8 Å². The summed E-state index contributed by atoms with van der Waals surface area (Å²) >= 11 is 0. The van der Waals surface area contributed by atoms with Crippen LogP contribution in [0.2, 0.25) is 0 Å². The maximum absolute atomic E-state index is 13.3. The molecule has 0 unspecified atom stereocenters. The first-order chi connectivity index (χ1) is 14.7. The number of aromatic nitrogens is 3. The number of fused-ring (bicyclic) bond motifs is 1. The number of nitrogens with one attached hydrogen (secondary N) is 1. The van der Waals surface area contributed by atoms with E-state index in [2.05, 4.69) is 20.1 Å². The quantitative estimate of drug-likeness (QED) is 0.648. The zero-order valence-corrected chi connectivity index (χ0v) is 17.3. The second-order valence-electron chi connectivity index (χ2n) is 7.34. The van der Waals surface area contributed by atoms with Gasteiger partial charge in [-0.3, -0.25) is 9.47 Å². The van der Waals surface area contributed by atoms with E-state index in [0.29, 0.717) is 19.1 Å². The van der Waals surface area contributed by atoms with Crippen molar-refractivity contribution in [3.63, 3.8) is 0 Å². The molecule has 0 fully saturated rings. The summed E-state index contributed by atoms with van der Waals surface area (Å²) in [5.74, 6) is 2.36. The van der Waals surface area contributed by atoms with E-state index < -0.39 is 0 Å². The molecule has 1 N–H and O–H groups in total. The molecule has 4 rings (SSSR count). The Labute approximate surface area is 176 Å². The van der Waals surface area contributed by atoms with Gasteiger partial charge in [-0.2, -0.15) is 0 Å². The van der Waals surface area contributed by atoms with E-state index >= 15 is 0 Å². The molecule has 1 aromatic heterocycles. The lowest BCUT2D eigenvalue weighted by molar-refractivity contribution is 0.256. The average Bonchev–Trinajstić information content (AvgIpc) is 3.01. The van der Waals surface area contributed by atoms with Crippen molar-refractivity contribution in [3.8, 4) is 5.75 Å². The number of rotatable bonds is 6. The molecule has 0 saturated heterocycles. The number of para-hydroxylation sites is 1. The first kappa shape index (κ1) is 19.9. The van der Waals surface area contributed by atoms with Crippen LogP contribution in [-0.2, 0) is 19.5 Å². The molecule has 1 aliphatic rings. The second-order valence-corrected chi connectivity index (χ2v) is 7.34. The molecule has 7 nitrogen and oxygen atoms in total. The van der Waals surface area contributed by atoms with E-state index in [1.165, 1.54) is 0 Å². The van der Waals surface area contributed by atoms with Crippen LogP contribution in [0.5, 0.6) is 5.75 Å². The van der Waals surface area contributed by atoms with Crippen LogP contribution in [0, 0.1) is 0 Å². The van der Waals surface area contributed by atoms with Gasteiger partial charge in [-0.25, -0.2) is 4.79 Å². The second kappa shape index (κ2) is 9.43. The topological polar surface area (TPSA) is 72.3 Å². The summed E-state index contributed by atoms with van der Waals surface area (Å²) in [6.45, 7) is 3.80. The molecular formula is C23H27N5O2. The molecule has 2 amide bonds. The number of carbonyl (C=O) groups excluding carboxylic acids is 1. The molecule has 156 valence electrons. The molecule has 2 heterocycles. The lowest BCUT2D eigenvalue weighted by Gasteiger charge is -2.23. The predicted molar refractivity (Wildman–Crippen MR) is 117 cm³/mol. The Balaban J connectivity index is 1.62. The lowest BCUT2D eigenvalue weighted by Crippen LogP contribution is -2.36. The highest BCUT2D eigenvalue weighted by Gasteiger charge is 2.25. The summed E-state index contributed by atoms with van der Waals surface area (Å²) < 4.78 is 7.62. The molecule has 2 aromatic carbocycles. The van der Waals surface area contributed by atoms with E-state index in [4.69, 9.17) is 4.74 Å². The summed E-state index contributed by atoms with van der Waals surface area (Å²) in [5, 5.41) is 11.8. The molecule has 0 bridgehead atoms. The Kier molecular flexibility index (Phi) is 6.27. The largest absolute Gasteiger partial charge is 0.494 e. The molecule has 0 saturated carbocycles. The Morgan fingerprint density at radius 3 is 2.63 bits per heavy atom. The predicted octanol–water partition coefficient (Wildman–Crippen LogP) is 4.64. The number of amides is 2. The number of nitrogens with zero attached hydrogens (tertiary/aromatic N) is 4. The number of urea groups is 1. The maximum atomic E-state index is 13.3. The third-order valence-electron chi connectivity index (χ3n) is 5.18. The van der Waals surface area contributed by atoms with Crippen LogP contribution in [0.1, 0.15) is 37.6 Å². The number of hydrogen-bond acceptors (Lipinski definition) is 4. The van der Waals surface area contributed by atoms with Gasteiger partial charge in [0.15, 0.2) is 0 Å². The molecular weight excluding hydrogens is 378 g/mol. The molecule has 30 heavy (non-hydrogen) atoms. The first-order valence-corrected chi connectivity index (χ1v) is 10.5. The van der Waals surface area contributed by atoms with Crippen molar-refractivity contribution in [3.05, 3.63) is 66.0 Å². The summed E-state index contributed by atoms with van der Waals surface area (Å²) in [7, 11) is 0. The van der Waals surface area contributed by atoms with Crippen LogP contribution >= 0.6 is 0 Å². The summed E-state index contributed by atoms with van der Waals surface area (Å²) in [6.07, 6.45) is 4.23. The molecule has 0 radical (unpaired) electrons. The van der Waals surface area contributed by atoms with Crippen molar-refractivity contribution in [2.24, 2.45) is 0 Å². The fourth-order valence-electron chi connectivity index (χ4n) is 3.66. The third kappa shape index (κ3) is 4.62. The SMILES string of the molecule is CCOc1ccc(CN(C(=O)Nc2ccccc2)c2nnc3n2CCCCC3)cc1. The summed E-state index contributed by atoms with van der Waals surface area (Å²) in [6, 6.07) is 17.0. The van der Waals surface area contributed by atoms with E-state index in [9.17, 15) is 4.79 Å². The minimum absolute atomic E-state index is 0.227. The van der Waals surface area contributed by atoms with Gasteiger partial charge in [-0.05, 0) is 49.6 Å². The third-order valence-corrected chi connectivity index (χ3v) is 5.18. The van der Waals surface area contributed by atoms with E-state index in [1.54, 1.807) is 4.90 Å². The molecule has 0 atom stereocenters. The Bertz CT molecular complexity index is 969. The fourth-order valence-corrected chi connectivity index (χ4v) is 3.66. The van der Waals surface area contributed by atoms with E-state index in [-0.39, 0.29) is 6.03 Å². The van der Waals surface area contributed by atoms with Crippen LogP contribution < -0.4 is 15.0 Å². The van der Waals surface area contributed by atoms with Gasteiger partial charge in [0.1, 0.15) is 11.6 Å². The van der Waals surface area contributed by atoms with Crippen LogP contribution in [0.15, 0.2) is 54.6 Å². The lowest BCUT2D eigenvalue weighted by atomic mass is 10.2. The zero-order valence-electron chi connectivity index (χ0n) is 17.3. The Hall–Kier alpha value is -3.35. The fraction of sp³-hybridized carbons (Fsp3) is 0.348.